The molecule has 2 N–H and O–H groups in total. The molecule has 0 bridgehead atoms. The quantitative estimate of drug-likeness (QED) is 0.135. The van der Waals surface area contributed by atoms with Gasteiger partial charge < -0.3 is 19.5 Å². The van der Waals surface area contributed by atoms with E-state index in [-0.39, 0.29) is 18.0 Å². The Labute approximate surface area is 227 Å². The normalized spacial score (nSPS) is 10.8. The molecule has 0 saturated carbocycles. The molecule has 1 heterocycles. The molecule has 2 amide bonds. The highest BCUT2D eigenvalue weighted by Gasteiger charge is 2.20. The van der Waals surface area contributed by atoms with Gasteiger partial charge in [-0.15, -0.1) is 11.3 Å². The number of rotatable bonds is 9. The van der Waals surface area contributed by atoms with Gasteiger partial charge in [0.05, 0.1) is 32.0 Å². The number of nitrogens with one attached hydrogen (secondary N) is 2. The highest BCUT2D eigenvalue weighted by molar-refractivity contribution is 7.21. The van der Waals surface area contributed by atoms with Gasteiger partial charge in [-0.3, -0.25) is 9.59 Å². The fourth-order valence-electron chi connectivity index (χ4n) is 3.36. The predicted molar refractivity (Wildman–Crippen MR) is 146 cm³/mol. The fraction of sp³-hybridized carbons (Fsp3) is 0.111. The highest BCUT2D eigenvalue weighted by Crippen LogP contribution is 2.37. The molecule has 0 fully saturated rings. The second-order valence-electron chi connectivity index (χ2n) is 7.75. The van der Waals surface area contributed by atoms with Crippen LogP contribution in [0, 0.1) is 0 Å². The molecule has 0 aliphatic heterocycles. The zero-order chi connectivity index (χ0) is 27.1. The first-order chi connectivity index (χ1) is 18.4. The molecule has 38 heavy (non-hydrogen) atoms. The monoisotopic (exact) mass is 551 g/mol. The molecule has 4 rings (SSSR count). The molecule has 9 nitrogen and oxygen atoms in total. The zero-order valence-electron chi connectivity index (χ0n) is 20.3. The molecule has 0 aliphatic rings. The van der Waals surface area contributed by atoms with E-state index in [1.54, 1.807) is 42.5 Å². The molecule has 0 spiro atoms. The van der Waals surface area contributed by atoms with Crippen LogP contribution in [-0.2, 0) is 4.79 Å². The van der Waals surface area contributed by atoms with Crippen LogP contribution in [0.5, 0.6) is 17.2 Å². The van der Waals surface area contributed by atoms with Gasteiger partial charge in [-0.2, -0.15) is 5.10 Å². The van der Waals surface area contributed by atoms with Crippen molar-refractivity contribution in [3.05, 3.63) is 87.8 Å². The number of methoxy groups -OCH3 is 2. The summed E-state index contributed by atoms with van der Waals surface area (Å²) in [7, 11) is 2.97. The van der Waals surface area contributed by atoms with Gasteiger partial charge in [0.15, 0.2) is 11.5 Å². The van der Waals surface area contributed by atoms with Crippen molar-refractivity contribution < 1.29 is 28.6 Å². The van der Waals surface area contributed by atoms with Crippen LogP contribution >= 0.6 is 22.9 Å². The maximum atomic E-state index is 12.8. The minimum Gasteiger partial charge on any atom is -0.497 e. The van der Waals surface area contributed by atoms with E-state index < -0.39 is 17.8 Å². The lowest BCUT2D eigenvalue weighted by atomic mass is 10.2. The van der Waals surface area contributed by atoms with Gasteiger partial charge in [-0.05, 0) is 54.1 Å². The summed E-state index contributed by atoms with van der Waals surface area (Å²) in [6, 6.07) is 18.7. The maximum Gasteiger partial charge on any atom is 0.355 e. The standard InChI is InChI=1S/C27H22ClN3O6S/c1-35-18-10-8-17(9-11-18)26(33)29-15-23(32)31-30-14-16-7-12-20(21(13-16)36-2)37-27(34)25-24(28)19-5-3-4-6-22(19)38-25/h3-14H,15H2,1-2H3,(H,29,33)(H,31,32)/b30-14+. The number of carbonyl (C=O) groups is 3. The van der Waals surface area contributed by atoms with Crippen LogP contribution in [0.15, 0.2) is 71.8 Å². The summed E-state index contributed by atoms with van der Waals surface area (Å²) in [5, 5.41) is 7.53. The van der Waals surface area contributed by atoms with Crippen LogP contribution in [0.3, 0.4) is 0 Å². The molecular weight excluding hydrogens is 530 g/mol. The van der Waals surface area contributed by atoms with E-state index in [1.165, 1.54) is 31.8 Å². The third-order valence-corrected chi connectivity index (χ3v) is 6.93. The number of thiophene rings is 1. The Bertz CT molecular complexity index is 1520. The number of fused-ring (bicyclic) bond motifs is 1. The summed E-state index contributed by atoms with van der Waals surface area (Å²) >= 11 is 7.63. The molecule has 0 saturated heterocycles. The van der Waals surface area contributed by atoms with Crippen LogP contribution < -0.4 is 25.0 Å². The van der Waals surface area contributed by atoms with Crippen molar-refractivity contribution in [1.29, 1.82) is 0 Å². The molecule has 0 atom stereocenters. The van der Waals surface area contributed by atoms with Gasteiger partial charge >= 0.3 is 5.97 Å². The van der Waals surface area contributed by atoms with Crippen LogP contribution in [0.25, 0.3) is 10.1 Å². The first-order valence-corrected chi connectivity index (χ1v) is 12.4. The Morgan fingerprint density at radius 1 is 0.974 bits per heavy atom. The third kappa shape index (κ3) is 6.28. The van der Waals surface area contributed by atoms with Crippen molar-refractivity contribution in [3.8, 4) is 17.2 Å². The average molecular weight is 552 g/mol. The van der Waals surface area contributed by atoms with Crippen LogP contribution in [0.1, 0.15) is 25.6 Å². The smallest absolute Gasteiger partial charge is 0.355 e. The van der Waals surface area contributed by atoms with Gasteiger partial charge in [-0.25, -0.2) is 10.2 Å². The molecule has 3 aromatic carbocycles. The van der Waals surface area contributed by atoms with Crippen molar-refractivity contribution in [2.24, 2.45) is 5.10 Å². The fourth-order valence-corrected chi connectivity index (χ4v) is 4.75. The summed E-state index contributed by atoms with van der Waals surface area (Å²) < 4.78 is 16.8. The number of halogens is 1. The number of amides is 2. The van der Waals surface area contributed by atoms with Gasteiger partial charge in [-0.1, -0.05) is 29.8 Å². The molecule has 0 radical (unpaired) electrons. The first-order valence-electron chi connectivity index (χ1n) is 11.2. The number of nitrogens with zero attached hydrogens (tertiary/aromatic N) is 1. The summed E-state index contributed by atoms with van der Waals surface area (Å²) in [6.07, 6.45) is 1.39. The lowest BCUT2D eigenvalue weighted by Crippen LogP contribution is -2.34. The van der Waals surface area contributed by atoms with E-state index in [2.05, 4.69) is 15.8 Å². The number of benzene rings is 3. The molecule has 1 aromatic heterocycles. The van der Waals surface area contributed by atoms with Crippen LogP contribution in [0.2, 0.25) is 5.02 Å². The number of carbonyl (C=O) groups excluding carboxylic acids is 3. The Hall–Kier alpha value is -4.41. The van der Waals surface area contributed by atoms with E-state index in [9.17, 15) is 14.4 Å². The highest BCUT2D eigenvalue weighted by atomic mass is 35.5. The van der Waals surface area contributed by atoms with Crippen LogP contribution in [-0.4, -0.2) is 44.8 Å². The summed E-state index contributed by atoms with van der Waals surface area (Å²) in [4.78, 5) is 37.3. The van der Waals surface area contributed by atoms with E-state index in [0.717, 1.165) is 10.1 Å². The van der Waals surface area contributed by atoms with Crippen molar-refractivity contribution in [2.45, 2.75) is 0 Å². The number of hydrazone groups is 1. The van der Waals surface area contributed by atoms with E-state index in [0.29, 0.717) is 26.8 Å². The lowest BCUT2D eigenvalue weighted by molar-refractivity contribution is -0.120. The van der Waals surface area contributed by atoms with E-state index in [4.69, 9.17) is 25.8 Å². The van der Waals surface area contributed by atoms with E-state index >= 15 is 0 Å². The molecule has 0 aliphatic carbocycles. The summed E-state index contributed by atoms with van der Waals surface area (Å²) in [6.45, 7) is -0.263. The van der Waals surface area contributed by atoms with Crippen molar-refractivity contribution in [1.82, 2.24) is 10.7 Å². The number of hydrogen-bond donors (Lipinski definition) is 2. The van der Waals surface area contributed by atoms with Crippen molar-refractivity contribution in [2.75, 3.05) is 20.8 Å². The van der Waals surface area contributed by atoms with E-state index in [1.807, 2.05) is 24.3 Å². The Kier molecular flexibility index (Phi) is 8.57. The number of ether oxygens (including phenoxy) is 3. The number of esters is 1. The maximum absolute atomic E-state index is 12.8. The van der Waals surface area contributed by atoms with Crippen molar-refractivity contribution in [3.63, 3.8) is 0 Å². The molecule has 0 unspecified atom stereocenters. The minimum absolute atomic E-state index is 0.202. The second kappa shape index (κ2) is 12.2. The molecule has 11 heteroatoms. The van der Waals surface area contributed by atoms with Gasteiger partial charge in [0, 0.05) is 15.6 Å². The first kappa shape index (κ1) is 26.6. The average Bonchev–Trinajstić information content (AvgIpc) is 3.29. The van der Waals surface area contributed by atoms with Gasteiger partial charge in [0.1, 0.15) is 10.6 Å². The zero-order valence-corrected chi connectivity index (χ0v) is 21.9. The Morgan fingerprint density at radius 3 is 2.45 bits per heavy atom. The SMILES string of the molecule is COc1ccc(C(=O)NCC(=O)N/N=C/c2ccc(OC(=O)c3sc4ccccc4c3Cl)c(OC)c2)cc1. The minimum atomic E-state index is -0.597. The molecule has 4 aromatic rings. The van der Waals surface area contributed by atoms with Gasteiger partial charge in [0.2, 0.25) is 0 Å². The largest absolute Gasteiger partial charge is 0.497 e. The second-order valence-corrected chi connectivity index (χ2v) is 9.18. The molecular formula is C27H22ClN3O6S. The molecule has 194 valence electrons. The summed E-state index contributed by atoms with van der Waals surface area (Å²) in [5.74, 6) is -0.401. The van der Waals surface area contributed by atoms with Gasteiger partial charge in [0.25, 0.3) is 11.8 Å². The Balaban J connectivity index is 1.33. The van der Waals surface area contributed by atoms with Crippen LogP contribution in [0.4, 0.5) is 0 Å². The number of hydrogen-bond acceptors (Lipinski definition) is 8. The predicted octanol–water partition coefficient (Wildman–Crippen LogP) is 4.67. The lowest BCUT2D eigenvalue weighted by Gasteiger charge is -2.09. The third-order valence-electron chi connectivity index (χ3n) is 5.28. The van der Waals surface area contributed by atoms with Crippen molar-refractivity contribution >= 4 is 57.0 Å². The topological polar surface area (TPSA) is 115 Å². The summed E-state index contributed by atoms with van der Waals surface area (Å²) in [5.41, 5.74) is 3.30. The Morgan fingerprint density at radius 2 is 1.74 bits per heavy atom.